The smallest absolute Gasteiger partial charge is 0.284 e. The summed E-state index contributed by atoms with van der Waals surface area (Å²) in [5.41, 5.74) is 3.79. The first kappa shape index (κ1) is 19.7. The van der Waals surface area contributed by atoms with Gasteiger partial charge in [0.15, 0.2) is 22.7 Å². The topological polar surface area (TPSA) is 113 Å². The Morgan fingerprint density at radius 3 is 2.69 bits per heavy atom. The molecule has 162 valence electrons. The molecule has 32 heavy (non-hydrogen) atoms. The molecule has 0 unspecified atom stereocenters. The summed E-state index contributed by atoms with van der Waals surface area (Å²) in [6.45, 7) is 4.28. The second-order valence-electron chi connectivity index (χ2n) is 7.66. The molecule has 0 saturated carbocycles. The van der Waals surface area contributed by atoms with Gasteiger partial charge in [0, 0.05) is 6.54 Å². The predicted molar refractivity (Wildman–Crippen MR) is 115 cm³/mol. The van der Waals surface area contributed by atoms with Gasteiger partial charge in [-0.05, 0) is 54.8 Å². The minimum atomic E-state index is -0.427. The number of ether oxygens (including phenoxy) is 2. The fourth-order valence-corrected chi connectivity index (χ4v) is 3.67. The highest BCUT2D eigenvalue weighted by Gasteiger charge is 2.16. The molecule has 10 heteroatoms. The van der Waals surface area contributed by atoms with Crippen LogP contribution >= 0.6 is 0 Å². The Kier molecular flexibility index (Phi) is 4.81. The molecule has 1 N–H and O–H groups in total. The first-order valence-corrected chi connectivity index (χ1v) is 10.0. The zero-order chi connectivity index (χ0) is 22.2. The number of aryl methyl sites for hydroxylation is 2. The normalized spacial score (nSPS) is 12.3. The van der Waals surface area contributed by atoms with Crippen molar-refractivity contribution < 1.29 is 14.3 Å². The molecule has 1 aliphatic rings. The molecule has 5 rings (SSSR count). The first-order chi connectivity index (χ1) is 15.5. The number of amides is 1. The predicted octanol–water partition coefficient (Wildman–Crippen LogP) is 1.64. The van der Waals surface area contributed by atoms with Crippen LogP contribution in [-0.4, -0.2) is 37.2 Å². The number of hydrogen-bond acceptors (Lipinski definition) is 7. The highest BCUT2D eigenvalue weighted by atomic mass is 16.7. The molecule has 1 amide bonds. The van der Waals surface area contributed by atoms with Crippen molar-refractivity contribution in [2.45, 2.75) is 26.9 Å². The highest BCUT2D eigenvalue weighted by Crippen LogP contribution is 2.32. The van der Waals surface area contributed by atoms with E-state index < -0.39 is 5.56 Å². The van der Waals surface area contributed by atoms with Gasteiger partial charge in [-0.2, -0.15) is 4.68 Å². The Hall–Kier alpha value is -4.21. The van der Waals surface area contributed by atoms with E-state index in [0.717, 1.165) is 22.4 Å². The van der Waals surface area contributed by atoms with Crippen molar-refractivity contribution in [2.75, 3.05) is 6.79 Å². The number of carbonyl (C=O) groups is 1. The molecular weight excluding hydrogens is 412 g/mol. The van der Waals surface area contributed by atoms with Crippen LogP contribution in [0.4, 0.5) is 0 Å². The summed E-state index contributed by atoms with van der Waals surface area (Å²) < 4.78 is 13.4. The zero-order valence-electron chi connectivity index (χ0n) is 17.5. The van der Waals surface area contributed by atoms with Crippen molar-refractivity contribution in [3.63, 3.8) is 0 Å². The summed E-state index contributed by atoms with van der Waals surface area (Å²) in [5, 5.41) is 10.9. The van der Waals surface area contributed by atoms with E-state index in [2.05, 4.69) is 20.6 Å². The maximum Gasteiger partial charge on any atom is 0.284 e. The quantitative estimate of drug-likeness (QED) is 0.510. The van der Waals surface area contributed by atoms with Crippen molar-refractivity contribution in [3.05, 3.63) is 69.8 Å². The number of rotatable bonds is 5. The Morgan fingerprint density at radius 2 is 1.88 bits per heavy atom. The molecule has 0 aliphatic carbocycles. The van der Waals surface area contributed by atoms with Crippen LogP contribution in [-0.2, 0) is 17.9 Å². The average Bonchev–Trinajstić information content (AvgIpc) is 3.40. The molecule has 0 saturated heterocycles. The number of aromatic nitrogens is 5. The van der Waals surface area contributed by atoms with Crippen LogP contribution in [0.1, 0.15) is 16.7 Å². The standard InChI is InChI=1S/C22H20N6O4/c1-13-5-14(2)7-16(6-13)28-21-20(25-26-28)22(30)27(11-24-21)10-19(29)23-9-15-3-4-17-18(8-15)32-12-31-17/h3-8,11H,9-10,12H2,1-2H3,(H,23,29). The summed E-state index contributed by atoms with van der Waals surface area (Å²) in [5.74, 6) is 1.00. The number of benzene rings is 2. The Morgan fingerprint density at radius 1 is 1.09 bits per heavy atom. The number of nitrogens with zero attached hydrogens (tertiary/aromatic N) is 5. The van der Waals surface area contributed by atoms with E-state index >= 15 is 0 Å². The van der Waals surface area contributed by atoms with Crippen molar-refractivity contribution in [1.29, 1.82) is 0 Å². The van der Waals surface area contributed by atoms with E-state index in [4.69, 9.17) is 9.47 Å². The highest BCUT2D eigenvalue weighted by molar-refractivity contribution is 5.76. The molecule has 0 spiro atoms. The lowest BCUT2D eigenvalue weighted by molar-refractivity contribution is -0.121. The molecular formula is C22H20N6O4. The Balaban J connectivity index is 1.33. The second kappa shape index (κ2) is 7.80. The minimum absolute atomic E-state index is 0.107. The molecule has 0 fully saturated rings. The summed E-state index contributed by atoms with van der Waals surface area (Å²) in [7, 11) is 0. The van der Waals surface area contributed by atoms with E-state index in [1.165, 1.54) is 15.6 Å². The molecule has 4 aromatic rings. The molecule has 0 atom stereocenters. The van der Waals surface area contributed by atoms with Gasteiger partial charge in [-0.1, -0.05) is 17.3 Å². The Labute approximate surface area is 182 Å². The number of hydrogen-bond donors (Lipinski definition) is 1. The minimum Gasteiger partial charge on any atom is -0.454 e. The van der Waals surface area contributed by atoms with Crippen LogP contribution in [0.15, 0.2) is 47.5 Å². The molecule has 0 radical (unpaired) electrons. The van der Waals surface area contributed by atoms with Gasteiger partial charge in [0.1, 0.15) is 12.9 Å². The maximum absolute atomic E-state index is 12.8. The van der Waals surface area contributed by atoms with Crippen LogP contribution in [0, 0.1) is 13.8 Å². The molecule has 2 aromatic carbocycles. The van der Waals surface area contributed by atoms with Crippen molar-refractivity contribution in [3.8, 4) is 17.2 Å². The van der Waals surface area contributed by atoms with Gasteiger partial charge in [0.25, 0.3) is 5.56 Å². The lowest BCUT2D eigenvalue weighted by Gasteiger charge is -2.08. The second-order valence-corrected chi connectivity index (χ2v) is 7.66. The van der Waals surface area contributed by atoms with E-state index in [0.29, 0.717) is 23.7 Å². The van der Waals surface area contributed by atoms with Crippen molar-refractivity contribution >= 4 is 17.1 Å². The molecule has 0 bridgehead atoms. The zero-order valence-corrected chi connectivity index (χ0v) is 17.5. The van der Waals surface area contributed by atoms with Gasteiger partial charge in [0.2, 0.25) is 12.7 Å². The lowest BCUT2D eigenvalue weighted by atomic mass is 10.1. The molecule has 1 aliphatic heterocycles. The van der Waals surface area contributed by atoms with Crippen molar-refractivity contribution in [2.24, 2.45) is 0 Å². The van der Waals surface area contributed by atoms with Gasteiger partial charge in [0.05, 0.1) is 5.69 Å². The fourth-order valence-electron chi connectivity index (χ4n) is 3.67. The van der Waals surface area contributed by atoms with Crippen LogP contribution in [0.5, 0.6) is 11.5 Å². The number of nitrogens with one attached hydrogen (secondary N) is 1. The molecule has 3 heterocycles. The van der Waals surface area contributed by atoms with Gasteiger partial charge >= 0.3 is 0 Å². The monoisotopic (exact) mass is 432 g/mol. The number of carbonyl (C=O) groups excluding carboxylic acids is 1. The van der Waals surface area contributed by atoms with Crippen LogP contribution in [0.3, 0.4) is 0 Å². The van der Waals surface area contributed by atoms with Crippen LogP contribution in [0.2, 0.25) is 0 Å². The van der Waals surface area contributed by atoms with Gasteiger partial charge in [-0.3, -0.25) is 14.2 Å². The van der Waals surface area contributed by atoms with Gasteiger partial charge in [-0.15, -0.1) is 5.10 Å². The third-order valence-corrected chi connectivity index (χ3v) is 5.12. The Bertz CT molecular complexity index is 1390. The van der Waals surface area contributed by atoms with Gasteiger partial charge < -0.3 is 14.8 Å². The van der Waals surface area contributed by atoms with Crippen LogP contribution < -0.4 is 20.3 Å². The van der Waals surface area contributed by atoms with Crippen LogP contribution in [0.25, 0.3) is 16.9 Å². The third kappa shape index (κ3) is 3.66. The fraction of sp³-hybridized carbons (Fsp3) is 0.227. The number of fused-ring (bicyclic) bond motifs is 2. The van der Waals surface area contributed by atoms with E-state index in [1.54, 1.807) is 6.07 Å². The van der Waals surface area contributed by atoms with E-state index in [9.17, 15) is 9.59 Å². The van der Waals surface area contributed by atoms with Crippen molar-refractivity contribution in [1.82, 2.24) is 29.9 Å². The van der Waals surface area contributed by atoms with E-state index in [1.807, 2.05) is 44.2 Å². The molecule has 10 nitrogen and oxygen atoms in total. The summed E-state index contributed by atoms with van der Waals surface area (Å²) in [6.07, 6.45) is 1.34. The SMILES string of the molecule is Cc1cc(C)cc(-n2nnc3c(=O)n(CC(=O)NCc4ccc5c(c4)OCO5)cnc32)c1. The van der Waals surface area contributed by atoms with Gasteiger partial charge in [-0.25, -0.2) is 4.98 Å². The maximum atomic E-state index is 12.8. The average molecular weight is 432 g/mol. The van der Waals surface area contributed by atoms with E-state index in [-0.39, 0.29) is 24.8 Å². The molecule has 2 aromatic heterocycles. The summed E-state index contributed by atoms with van der Waals surface area (Å²) in [6, 6.07) is 11.4. The largest absolute Gasteiger partial charge is 0.454 e. The first-order valence-electron chi connectivity index (χ1n) is 10.0. The summed E-state index contributed by atoms with van der Waals surface area (Å²) in [4.78, 5) is 29.6. The lowest BCUT2D eigenvalue weighted by Crippen LogP contribution is -2.32. The third-order valence-electron chi connectivity index (χ3n) is 5.12. The summed E-state index contributed by atoms with van der Waals surface area (Å²) >= 11 is 0.